The van der Waals surface area contributed by atoms with Crippen molar-refractivity contribution in [3.63, 3.8) is 0 Å². The molecule has 6 atom stereocenters. The number of cyclic esters (lactones) is 1. The number of fused-ring (bicyclic) bond motifs is 9. The van der Waals surface area contributed by atoms with Crippen molar-refractivity contribution in [3.8, 4) is 17.1 Å². The number of ketones is 2. The number of amides is 1. The Morgan fingerprint density at radius 3 is 2.45 bits per heavy atom. The van der Waals surface area contributed by atoms with Gasteiger partial charge in [0.2, 0.25) is 5.91 Å². The predicted molar refractivity (Wildman–Crippen MR) is 282 cm³/mol. The molecule has 3 aliphatic heterocycles. The van der Waals surface area contributed by atoms with Gasteiger partial charge in [-0.25, -0.2) is 9.78 Å². The third-order valence-corrected chi connectivity index (χ3v) is 18.7. The number of pyridine rings is 2. The van der Waals surface area contributed by atoms with Crippen LogP contribution < -0.4 is 10.5 Å². The molecule has 2 aromatic carbocycles. The van der Waals surface area contributed by atoms with E-state index in [2.05, 4.69) is 48.0 Å². The molecule has 2 saturated carbocycles. The maximum atomic E-state index is 13.7. The smallest absolute Gasteiger partial charge is 0.343 e. The Morgan fingerprint density at radius 2 is 1.72 bits per heavy atom. The molecule has 2 N–H and O–H groups in total. The third-order valence-electron chi connectivity index (χ3n) is 18.7. The fraction of sp³-hybridized carbons (Fsp3) is 0.517. The number of aromatic nitrogens is 2. The molecule has 15 heteroatoms. The molecule has 0 bridgehead atoms. The summed E-state index contributed by atoms with van der Waals surface area (Å²) < 4.78 is 13.0. The minimum atomic E-state index is -1.91. The van der Waals surface area contributed by atoms with Gasteiger partial charge in [0.15, 0.2) is 22.8 Å². The van der Waals surface area contributed by atoms with Crippen LogP contribution in [0.5, 0.6) is 5.75 Å². The van der Waals surface area contributed by atoms with Crippen LogP contribution in [0.4, 0.5) is 5.69 Å². The van der Waals surface area contributed by atoms with Crippen LogP contribution in [0.15, 0.2) is 76.1 Å². The van der Waals surface area contributed by atoms with Gasteiger partial charge in [-0.3, -0.25) is 28.9 Å². The van der Waals surface area contributed by atoms with Gasteiger partial charge in [-0.1, -0.05) is 38.0 Å². The van der Waals surface area contributed by atoms with Gasteiger partial charge in [0.05, 0.1) is 29.0 Å². The van der Waals surface area contributed by atoms with Crippen LogP contribution in [0.3, 0.4) is 0 Å². The largest absolute Gasteiger partial charge is 0.508 e. The zero-order chi connectivity index (χ0) is 52.7. The quantitative estimate of drug-likeness (QED) is 0.0856. The Labute approximate surface area is 437 Å². The number of piperazine rings is 1. The average molecular weight is 1020 g/mol. The highest BCUT2D eigenvalue weighted by molar-refractivity contribution is 5.93. The summed E-state index contributed by atoms with van der Waals surface area (Å²) in [6.45, 7) is 10.7. The van der Waals surface area contributed by atoms with Crippen molar-refractivity contribution < 1.29 is 43.7 Å². The number of phenolic OH excluding ortho intramolecular Hbond substituents is 1. The van der Waals surface area contributed by atoms with Crippen molar-refractivity contribution >= 4 is 46.0 Å². The first-order valence-corrected chi connectivity index (χ1v) is 27.2. The Morgan fingerprint density at radius 1 is 0.947 bits per heavy atom. The molecule has 7 aliphatic rings. The number of nitrogens with zero attached hydrogens (tertiary/aromatic N) is 5. The predicted octanol–water partition coefficient (Wildman–Crippen LogP) is 7.92. The number of esters is 2. The van der Waals surface area contributed by atoms with Crippen LogP contribution >= 0.6 is 0 Å². The highest BCUT2D eigenvalue weighted by atomic mass is 16.6. The van der Waals surface area contributed by atoms with Crippen molar-refractivity contribution in [2.45, 2.75) is 142 Å². The molecule has 0 radical (unpaired) electrons. The number of carbonyl (C=O) groups is 5. The van der Waals surface area contributed by atoms with E-state index >= 15 is 0 Å². The molecule has 394 valence electrons. The summed E-state index contributed by atoms with van der Waals surface area (Å²) in [5.41, 5.74) is 6.21. The summed E-state index contributed by atoms with van der Waals surface area (Å²) in [6.07, 6.45) is 10.2. The molecular weight excluding hydrogens is 951 g/mol. The molecular formula is C60H69N5O10. The van der Waals surface area contributed by atoms with Gasteiger partial charge in [-0.15, -0.1) is 0 Å². The number of phenols is 1. The molecule has 4 aliphatic carbocycles. The number of anilines is 1. The zero-order valence-corrected chi connectivity index (χ0v) is 44.0. The van der Waals surface area contributed by atoms with E-state index in [0.29, 0.717) is 75.3 Å². The fourth-order valence-electron chi connectivity index (χ4n) is 14.7. The topological polar surface area (TPSA) is 189 Å². The summed E-state index contributed by atoms with van der Waals surface area (Å²) in [4.78, 5) is 90.0. The molecule has 5 heterocycles. The molecule has 75 heavy (non-hydrogen) atoms. The van der Waals surface area contributed by atoms with Gasteiger partial charge in [0, 0.05) is 105 Å². The number of hydrogen-bond donors (Lipinski definition) is 2. The fourth-order valence-corrected chi connectivity index (χ4v) is 14.7. The molecule has 1 amide bonds. The van der Waals surface area contributed by atoms with Crippen molar-refractivity contribution in [3.05, 3.63) is 109 Å². The van der Waals surface area contributed by atoms with Crippen LogP contribution in [0, 0.1) is 17.3 Å². The molecule has 1 saturated heterocycles. The summed E-state index contributed by atoms with van der Waals surface area (Å²) in [6, 6.07) is 15.9. The standard InChI is InChI=1S/C60H69N5O10/c1-6-59(73)49-30-51-55-39(32-65(51)56(71)47(49)34-74-57(59)72)29-44-46(52(69)20-19-50(44)61-55)33-63-24-26-64(27-25-63)53(70)10-8-7-9-23-62(5)40-14-11-37(12-15-40)45-31-58(4)48(21-22-60(58,35(2)66)75-36(3)67)43-17-13-38-28-41(68)16-18-42(38)54(43)45/h11-12,14-15,19-20,28-30,43,45,48,69,73H,6-10,13,16-18,21-27,31-34H2,1-5H3/t43?,45-,48+,58+,59+,60+/m1/s1. The lowest BCUT2D eigenvalue weighted by molar-refractivity contribution is -0.182. The van der Waals surface area contributed by atoms with Gasteiger partial charge in [0.25, 0.3) is 5.56 Å². The molecule has 15 nitrogen and oxygen atoms in total. The lowest BCUT2D eigenvalue weighted by Gasteiger charge is -2.55. The van der Waals surface area contributed by atoms with E-state index in [9.17, 15) is 39.0 Å². The van der Waals surface area contributed by atoms with Gasteiger partial charge in [0.1, 0.15) is 12.4 Å². The van der Waals surface area contributed by atoms with E-state index in [4.69, 9.17) is 14.5 Å². The molecule has 11 rings (SSSR count). The first-order valence-electron chi connectivity index (χ1n) is 27.2. The van der Waals surface area contributed by atoms with Crippen LogP contribution in [-0.2, 0) is 58.7 Å². The second-order valence-corrected chi connectivity index (χ2v) is 22.7. The Bertz CT molecular complexity index is 3190. The van der Waals surface area contributed by atoms with Crippen molar-refractivity contribution in [2.24, 2.45) is 17.3 Å². The lowest BCUT2D eigenvalue weighted by atomic mass is 9.50. The number of rotatable bonds is 13. The number of hydrogen-bond acceptors (Lipinski definition) is 13. The second kappa shape index (κ2) is 19.3. The Kier molecular flexibility index (Phi) is 13.0. The molecule has 4 aromatic rings. The van der Waals surface area contributed by atoms with Crippen molar-refractivity contribution in [2.75, 3.05) is 44.7 Å². The molecule has 1 unspecified atom stereocenters. The minimum absolute atomic E-state index is 0.0344. The minimum Gasteiger partial charge on any atom is -0.508 e. The first kappa shape index (κ1) is 50.7. The first-order chi connectivity index (χ1) is 35.9. The number of unbranched alkanes of at least 4 members (excludes halogenated alkanes) is 2. The maximum Gasteiger partial charge on any atom is 0.343 e. The van der Waals surface area contributed by atoms with Crippen molar-refractivity contribution in [1.29, 1.82) is 0 Å². The van der Waals surface area contributed by atoms with Gasteiger partial charge < -0.3 is 34.1 Å². The lowest BCUT2D eigenvalue weighted by Crippen LogP contribution is -2.57. The average Bonchev–Trinajstić information content (AvgIpc) is 3.92. The molecule has 3 fully saturated rings. The molecule has 2 aromatic heterocycles. The Balaban J connectivity index is 0.688. The number of ether oxygens (including phenoxy) is 2. The van der Waals surface area contributed by atoms with E-state index in [1.54, 1.807) is 36.6 Å². The van der Waals surface area contributed by atoms with Crippen LogP contribution in [-0.4, -0.2) is 104 Å². The van der Waals surface area contributed by atoms with E-state index in [-0.39, 0.29) is 77.2 Å². The highest BCUT2D eigenvalue weighted by Crippen LogP contribution is 2.68. The van der Waals surface area contributed by atoms with Gasteiger partial charge in [-0.05, 0) is 136 Å². The number of aliphatic hydroxyl groups is 1. The van der Waals surface area contributed by atoms with Crippen molar-refractivity contribution in [1.82, 2.24) is 19.4 Å². The summed E-state index contributed by atoms with van der Waals surface area (Å²) in [7, 11) is 2.10. The number of carbonyl (C=O) groups excluding carboxylic acids is 5. The van der Waals surface area contributed by atoms with Gasteiger partial charge in [-0.2, -0.15) is 0 Å². The highest BCUT2D eigenvalue weighted by Gasteiger charge is 2.67. The number of allylic oxidation sites excluding steroid dienone is 4. The SMILES string of the molecule is CC[C@@]1(O)C(=O)OCc2c1cc1n(c2=O)Cc2cc3c(CN4CCN(C(=O)CCCCCN(C)c5ccc([C@H]6C[C@@]7(C)[C@@H](CC[C@]7(OC(C)=O)C(C)=O)C7CCC8=CC(=O)CCC8=C76)cc5)CC4)c(O)ccc3nc2-1. The van der Waals surface area contributed by atoms with Crippen LogP contribution in [0.1, 0.15) is 138 Å². The zero-order valence-electron chi connectivity index (χ0n) is 44.0. The van der Waals surface area contributed by atoms with Crippen LogP contribution in [0.25, 0.3) is 22.3 Å². The number of aromatic hydroxyl groups is 1. The number of Topliss-reactive ketones (excluding diaryl/α,β-unsaturated/α-hetero) is 1. The van der Waals surface area contributed by atoms with Crippen LogP contribution in [0.2, 0.25) is 0 Å². The number of benzene rings is 2. The normalized spacial score (nSPS) is 26.9. The van der Waals surface area contributed by atoms with E-state index in [1.807, 2.05) is 17.0 Å². The van der Waals surface area contributed by atoms with E-state index < -0.39 is 28.6 Å². The summed E-state index contributed by atoms with van der Waals surface area (Å²) in [5, 5.41) is 23.2. The second-order valence-electron chi connectivity index (χ2n) is 22.7. The monoisotopic (exact) mass is 1020 g/mol. The maximum absolute atomic E-state index is 13.7. The van der Waals surface area contributed by atoms with E-state index in [1.165, 1.54) is 29.2 Å². The van der Waals surface area contributed by atoms with Gasteiger partial charge >= 0.3 is 11.9 Å². The Hall–Kier alpha value is -6.45. The molecule has 0 spiro atoms. The summed E-state index contributed by atoms with van der Waals surface area (Å²) in [5.74, 6) is -0.244. The third kappa shape index (κ3) is 8.43. The van der Waals surface area contributed by atoms with E-state index in [0.717, 1.165) is 73.7 Å². The summed E-state index contributed by atoms with van der Waals surface area (Å²) >= 11 is 0.